The van der Waals surface area contributed by atoms with Gasteiger partial charge >= 0.3 is 0 Å². The van der Waals surface area contributed by atoms with Crippen LogP contribution in [0.3, 0.4) is 0 Å². The Hall–Kier alpha value is -2.06. The third-order valence-electron chi connectivity index (χ3n) is 3.56. The van der Waals surface area contributed by atoms with E-state index in [1.165, 1.54) is 12.4 Å². The fourth-order valence-corrected chi connectivity index (χ4v) is 2.51. The van der Waals surface area contributed by atoms with E-state index < -0.39 is 5.82 Å². The van der Waals surface area contributed by atoms with Gasteiger partial charge in [-0.1, -0.05) is 0 Å². The molecule has 3 heterocycles. The summed E-state index contributed by atoms with van der Waals surface area (Å²) in [5.74, 6) is 0.0694. The van der Waals surface area contributed by atoms with E-state index in [9.17, 15) is 4.39 Å². The second kappa shape index (κ2) is 6.80. The predicted molar refractivity (Wildman–Crippen MR) is 76.6 cm³/mol. The van der Waals surface area contributed by atoms with Crippen molar-refractivity contribution in [1.29, 1.82) is 0 Å². The number of aliphatic hydroxyl groups is 1. The molecular weight excluding hydrogens is 289 g/mol. The van der Waals surface area contributed by atoms with E-state index in [1.54, 1.807) is 0 Å². The Balaban J connectivity index is 1.78. The number of anilines is 1. The molecule has 0 spiro atoms. The molecule has 0 aromatic carbocycles. The van der Waals surface area contributed by atoms with Crippen LogP contribution in [0.1, 0.15) is 17.8 Å². The lowest BCUT2D eigenvalue weighted by atomic mass is 10.3. The minimum Gasteiger partial charge on any atom is -0.394 e. The Morgan fingerprint density at radius 1 is 1.23 bits per heavy atom. The summed E-state index contributed by atoms with van der Waals surface area (Å²) in [4.78, 5) is 14.5. The van der Waals surface area contributed by atoms with Gasteiger partial charge in [0.15, 0.2) is 5.82 Å². The largest absolute Gasteiger partial charge is 0.394 e. The summed E-state index contributed by atoms with van der Waals surface area (Å²) in [6, 6.07) is 0. The second-order valence-electron chi connectivity index (χ2n) is 5.08. The number of hydrogen-bond acceptors (Lipinski definition) is 6. The molecule has 22 heavy (non-hydrogen) atoms. The van der Waals surface area contributed by atoms with Gasteiger partial charge < -0.3 is 19.3 Å². The average Bonchev–Trinajstić information content (AvgIpc) is 2.78. The first-order valence-corrected chi connectivity index (χ1v) is 7.22. The molecular formula is C14H18FN5O2. The number of nitrogens with zero attached hydrogens (tertiary/aromatic N) is 5. The van der Waals surface area contributed by atoms with Crippen LogP contribution in [0.4, 0.5) is 10.3 Å². The first kappa shape index (κ1) is 14.9. The number of imidazole rings is 1. The maximum Gasteiger partial charge on any atom is 0.225 e. The molecule has 0 saturated carbocycles. The number of ether oxygens (including phenoxy) is 1. The molecule has 0 saturated heterocycles. The molecule has 8 heteroatoms. The molecule has 2 aromatic rings. The Bertz CT molecular complexity index is 616. The summed E-state index contributed by atoms with van der Waals surface area (Å²) in [5.41, 5.74) is 1.89. The SMILES string of the molecule is OCCOCc1ncn2c1CN(c1ncc(F)cn1)CCC2. The second-order valence-corrected chi connectivity index (χ2v) is 5.08. The predicted octanol–water partition coefficient (Wildman–Crippen LogP) is 0.731. The van der Waals surface area contributed by atoms with Crippen molar-refractivity contribution in [3.8, 4) is 0 Å². The van der Waals surface area contributed by atoms with Crippen LogP contribution in [-0.4, -0.2) is 44.4 Å². The Morgan fingerprint density at radius 2 is 2.05 bits per heavy atom. The van der Waals surface area contributed by atoms with E-state index in [2.05, 4.69) is 19.5 Å². The third kappa shape index (κ3) is 3.23. The Kier molecular flexibility index (Phi) is 4.59. The molecule has 0 unspecified atom stereocenters. The normalized spacial score (nSPS) is 14.7. The van der Waals surface area contributed by atoms with Crippen LogP contribution >= 0.6 is 0 Å². The number of fused-ring (bicyclic) bond motifs is 1. The summed E-state index contributed by atoms with van der Waals surface area (Å²) in [6.07, 6.45) is 5.09. The molecule has 0 bridgehead atoms. The number of rotatable bonds is 5. The summed E-state index contributed by atoms with van der Waals surface area (Å²) in [7, 11) is 0. The van der Waals surface area contributed by atoms with Crippen LogP contribution in [0.25, 0.3) is 0 Å². The zero-order chi connectivity index (χ0) is 15.4. The molecule has 1 aliphatic rings. The molecule has 0 fully saturated rings. The summed E-state index contributed by atoms with van der Waals surface area (Å²) in [6.45, 7) is 2.90. The molecule has 0 amide bonds. The van der Waals surface area contributed by atoms with Crippen molar-refractivity contribution in [3.05, 3.63) is 35.9 Å². The van der Waals surface area contributed by atoms with Gasteiger partial charge in [0, 0.05) is 13.1 Å². The van der Waals surface area contributed by atoms with Crippen molar-refractivity contribution in [1.82, 2.24) is 19.5 Å². The first-order chi connectivity index (χ1) is 10.8. The Labute approximate surface area is 127 Å². The maximum absolute atomic E-state index is 13.0. The fourth-order valence-electron chi connectivity index (χ4n) is 2.51. The average molecular weight is 307 g/mol. The van der Waals surface area contributed by atoms with Crippen molar-refractivity contribution in [2.45, 2.75) is 26.1 Å². The first-order valence-electron chi connectivity index (χ1n) is 7.22. The van der Waals surface area contributed by atoms with Crippen LogP contribution in [0.5, 0.6) is 0 Å². The van der Waals surface area contributed by atoms with Gasteiger partial charge in [0.2, 0.25) is 5.95 Å². The van der Waals surface area contributed by atoms with Crippen LogP contribution < -0.4 is 4.90 Å². The van der Waals surface area contributed by atoms with Gasteiger partial charge in [-0.2, -0.15) is 0 Å². The van der Waals surface area contributed by atoms with Gasteiger partial charge in [-0.05, 0) is 6.42 Å². The van der Waals surface area contributed by atoms with E-state index in [-0.39, 0.29) is 13.2 Å². The molecule has 118 valence electrons. The van der Waals surface area contributed by atoms with Crippen LogP contribution in [0.15, 0.2) is 18.7 Å². The monoisotopic (exact) mass is 307 g/mol. The van der Waals surface area contributed by atoms with E-state index in [0.29, 0.717) is 19.1 Å². The number of halogens is 1. The van der Waals surface area contributed by atoms with Gasteiger partial charge in [-0.15, -0.1) is 0 Å². The van der Waals surface area contributed by atoms with Gasteiger partial charge in [0.25, 0.3) is 0 Å². The van der Waals surface area contributed by atoms with E-state index in [1.807, 2.05) is 11.2 Å². The van der Waals surface area contributed by atoms with E-state index >= 15 is 0 Å². The van der Waals surface area contributed by atoms with Crippen LogP contribution in [0, 0.1) is 5.82 Å². The van der Waals surface area contributed by atoms with Gasteiger partial charge in [0.05, 0.1) is 56.5 Å². The van der Waals surface area contributed by atoms with Crippen molar-refractivity contribution < 1.29 is 14.2 Å². The van der Waals surface area contributed by atoms with Gasteiger partial charge in [0.1, 0.15) is 0 Å². The lowest BCUT2D eigenvalue weighted by Crippen LogP contribution is -2.25. The molecule has 7 nitrogen and oxygen atoms in total. The highest BCUT2D eigenvalue weighted by Crippen LogP contribution is 2.20. The number of aryl methyl sites for hydroxylation is 1. The molecule has 2 aromatic heterocycles. The van der Waals surface area contributed by atoms with E-state index in [4.69, 9.17) is 9.84 Å². The topological polar surface area (TPSA) is 76.3 Å². The summed E-state index contributed by atoms with van der Waals surface area (Å²) in [5, 5.41) is 8.79. The highest BCUT2D eigenvalue weighted by atomic mass is 19.1. The standard InChI is InChI=1S/C14H18FN5O2/c15-11-6-16-14(17-7-11)19-2-1-3-20-10-18-12(13(20)8-19)9-22-5-4-21/h6-7,10,21H,1-5,8-9H2. The Morgan fingerprint density at radius 3 is 2.82 bits per heavy atom. The van der Waals surface area contributed by atoms with Crippen molar-refractivity contribution in [3.63, 3.8) is 0 Å². The van der Waals surface area contributed by atoms with Crippen molar-refractivity contribution in [2.24, 2.45) is 0 Å². The lowest BCUT2D eigenvalue weighted by molar-refractivity contribution is 0.0794. The summed E-state index contributed by atoms with van der Waals surface area (Å²) < 4.78 is 20.4. The van der Waals surface area contributed by atoms with Gasteiger partial charge in [-0.3, -0.25) is 0 Å². The third-order valence-corrected chi connectivity index (χ3v) is 3.56. The molecule has 1 aliphatic heterocycles. The molecule has 1 N–H and O–H groups in total. The number of hydrogen-bond donors (Lipinski definition) is 1. The van der Waals surface area contributed by atoms with Crippen LogP contribution in [-0.2, 0) is 24.4 Å². The fraction of sp³-hybridized carbons (Fsp3) is 0.500. The number of aliphatic hydroxyl groups excluding tert-OH is 1. The molecule has 3 rings (SSSR count). The quantitative estimate of drug-likeness (QED) is 0.821. The van der Waals surface area contributed by atoms with E-state index in [0.717, 1.165) is 30.9 Å². The minimum atomic E-state index is -0.443. The number of aromatic nitrogens is 4. The maximum atomic E-state index is 13.0. The highest BCUT2D eigenvalue weighted by molar-refractivity contribution is 5.32. The molecule has 0 atom stereocenters. The zero-order valence-electron chi connectivity index (χ0n) is 12.2. The smallest absolute Gasteiger partial charge is 0.225 e. The van der Waals surface area contributed by atoms with Crippen molar-refractivity contribution >= 4 is 5.95 Å². The van der Waals surface area contributed by atoms with Crippen molar-refractivity contribution in [2.75, 3.05) is 24.7 Å². The lowest BCUT2D eigenvalue weighted by Gasteiger charge is -2.20. The molecule has 0 radical (unpaired) electrons. The zero-order valence-corrected chi connectivity index (χ0v) is 12.2. The molecule has 0 aliphatic carbocycles. The summed E-state index contributed by atoms with van der Waals surface area (Å²) >= 11 is 0. The highest BCUT2D eigenvalue weighted by Gasteiger charge is 2.20. The van der Waals surface area contributed by atoms with Gasteiger partial charge in [-0.25, -0.2) is 19.3 Å². The van der Waals surface area contributed by atoms with Crippen LogP contribution in [0.2, 0.25) is 0 Å². The minimum absolute atomic E-state index is 0.00835.